The van der Waals surface area contributed by atoms with Crippen molar-refractivity contribution in [3.05, 3.63) is 47.8 Å². The Bertz CT molecular complexity index is 872. The largest absolute Gasteiger partial charge is 0.347 e. The van der Waals surface area contributed by atoms with Crippen LogP contribution in [-0.2, 0) is 22.6 Å². The molecule has 0 atom stereocenters. The third-order valence-electron chi connectivity index (χ3n) is 5.17. The van der Waals surface area contributed by atoms with E-state index in [1.54, 1.807) is 19.0 Å². The summed E-state index contributed by atoms with van der Waals surface area (Å²) in [5.41, 5.74) is 1.45. The van der Waals surface area contributed by atoms with E-state index in [1.165, 1.54) is 21.3 Å². The molecule has 1 aliphatic rings. The van der Waals surface area contributed by atoms with E-state index in [0.717, 1.165) is 12.8 Å². The molecule has 0 saturated carbocycles. The SMILES string of the molecule is CN(C)C(=O)Cn1cc(C(=O)N2CCN(C(=O)CCCc3ccccc3)CC2)nn1. The first-order valence-corrected chi connectivity index (χ1v) is 10.2. The van der Waals surface area contributed by atoms with Gasteiger partial charge in [-0.1, -0.05) is 35.5 Å². The van der Waals surface area contributed by atoms with E-state index < -0.39 is 0 Å². The van der Waals surface area contributed by atoms with E-state index in [9.17, 15) is 14.4 Å². The molecule has 9 nitrogen and oxygen atoms in total. The maximum absolute atomic E-state index is 12.6. The van der Waals surface area contributed by atoms with E-state index >= 15 is 0 Å². The minimum Gasteiger partial charge on any atom is -0.347 e. The van der Waals surface area contributed by atoms with E-state index in [1.807, 2.05) is 23.1 Å². The van der Waals surface area contributed by atoms with Crippen LogP contribution in [0.4, 0.5) is 0 Å². The molecule has 1 aromatic carbocycles. The maximum atomic E-state index is 12.6. The number of benzene rings is 1. The van der Waals surface area contributed by atoms with Gasteiger partial charge >= 0.3 is 0 Å². The summed E-state index contributed by atoms with van der Waals surface area (Å²) >= 11 is 0. The molecule has 1 aromatic heterocycles. The normalized spacial score (nSPS) is 13.9. The fourth-order valence-electron chi connectivity index (χ4n) is 3.32. The molecule has 0 bridgehead atoms. The molecule has 0 unspecified atom stereocenters. The lowest BCUT2D eigenvalue weighted by Gasteiger charge is -2.34. The second-order valence-corrected chi connectivity index (χ2v) is 7.60. The van der Waals surface area contributed by atoms with Crippen molar-refractivity contribution in [2.75, 3.05) is 40.3 Å². The van der Waals surface area contributed by atoms with Crippen LogP contribution in [0.3, 0.4) is 0 Å². The molecule has 0 aliphatic carbocycles. The molecule has 3 rings (SSSR count). The summed E-state index contributed by atoms with van der Waals surface area (Å²) in [6.07, 6.45) is 3.70. The summed E-state index contributed by atoms with van der Waals surface area (Å²) in [6, 6.07) is 10.1. The number of aromatic nitrogens is 3. The van der Waals surface area contributed by atoms with Gasteiger partial charge in [-0.2, -0.15) is 0 Å². The fourth-order valence-corrected chi connectivity index (χ4v) is 3.32. The predicted octanol–water partition coefficient (Wildman–Crippen LogP) is 0.674. The molecule has 1 aliphatic heterocycles. The second-order valence-electron chi connectivity index (χ2n) is 7.60. The average Bonchev–Trinajstić information content (AvgIpc) is 3.22. The Morgan fingerprint density at radius 2 is 1.67 bits per heavy atom. The van der Waals surface area contributed by atoms with Gasteiger partial charge in [0.25, 0.3) is 5.91 Å². The van der Waals surface area contributed by atoms with Crippen LogP contribution in [0.5, 0.6) is 0 Å². The molecular formula is C21H28N6O3. The van der Waals surface area contributed by atoms with Crippen molar-refractivity contribution in [3.8, 4) is 0 Å². The number of hydrogen-bond acceptors (Lipinski definition) is 5. The Morgan fingerprint density at radius 1 is 1.00 bits per heavy atom. The number of carbonyl (C=O) groups excluding carboxylic acids is 3. The molecule has 9 heteroatoms. The third kappa shape index (κ3) is 5.65. The molecule has 3 amide bonds. The first-order valence-electron chi connectivity index (χ1n) is 10.2. The zero-order valence-electron chi connectivity index (χ0n) is 17.5. The smallest absolute Gasteiger partial charge is 0.276 e. The number of hydrogen-bond donors (Lipinski definition) is 0. The van der Waals surface area contributed by atoms with Gasteiger partial charge in [0, 0.05) is 46.7 Å². The van der Waals surface area contributed by atoms with Gasteiger partial charge in [0.2, 0.25) is 11.8 Å². The molecule has 2 aromatic rings. The van der Waals surface area contributed by atoms with Gasteiger partial charge in [0.15, 0.2) is 5.69 Å². The standard InChI is InChI=1S/C21H28N6O3/c1-24(2)20(29)16-27-15-18(22-23-27)21(30)26-13-11-25(12-14-26)19(28)10-6-9-17-7-4-3-5-8-17/h3-5,7-8,15H,6,9-14,16H2,1-2H3. The monoisotopic (exact) mass is 412 g/mol. The average molecular weight is 412 g/mol. The predicted molar refractivity (Wildman–Crippen MR) is 111 cm³/mol. The van der Waals surface area contributed by atoms with Gasteiger partial charge in [0.1, 0.15) is 6.54 Å². The highest BCUT2D eigenvalue weighted by molar-refractivity contribution is 5.92. The van der Waals surface area contributed by atoms with E-state index in [4.69, 9.17) is 0 Å². The lowest BCUT2D eigenvalue weighted by Crippen LogP contribution is -2.50. The zero-order valence-corrected chi connectivity index (χ0v) is 17.5. The summed E-state index contributed by atoms with van der Waals surface area (Å²) < 4.78 is 1.36. The number of nitrogens with zero attached hydrogens (tertiary/aromatic N) is 6. The lowest BCUT2D eigenvalue weighted by molar-refractivity contribution is -0.132. The van der Waals surface area contributed by atoms with Gasteiger partial charge in [-0.05, 0) is 18.4 Å². The fraction of sp³-hybridized carbons (Fsp3) is 0.476. The van der Waals surface area contributed by atoms with Gasteiger partial charge < -0.3 is 14.7 Å². The molecule has 2 heterocycles. The minimum absolute atomic E-state index is 0.0402. The molecular weight excluding hydrogens is 384 g/mol. The van der Waals surface area contributed by atoms with Crippen LogP contribution in [0.25, 0.3) is 0 Å². The minimum atomic E-state index is -0.227. The highest BCUT2D eigenvalue weighted by atomic mass is 16.2. The summed E-state index contributed by atoms with van der Waals surface area (Å²) in [6.45, 7) is 2.00. The number of aryl methyl sites for hydroxylation is 1. The highest BCUT2D eigenvalue weighted by Crippen LogP contribution is 2.11. The molecule has 1 fully saturated rings. The van der Waals surface area contributed by atoms with Crippen molar-refractivity contribution in [2.45, 2.75) is 25.8 Å². The van der Waals surface area contributed by atoms with Crippen molar-refractivity contribution < 1.29 is 14.4 Å². The number of amides is 3. The number of piperazine rings is 1. The van der Waals surface area contributed by atoms with Crippen LogP contribution in [0.15, 0.2) is 36.5 Å². The first-order chi connectivity index (χ1) is 14.4. The van der Waals surface area contributed by atoms with Crippen LogP contribution in [0.2, 0.25) is 0 Å². The Hall–Kier alpha value is -3.23. The van der Waals surface area contributed by atoms with Crippen LogP contribution < -0.4 is 0 Å². The quantitative estimate of drug-likeness (QED) is 0.667. The number of likely N-dealkylation sites (N-methyl/N-ethyl adjacent to an activating group) is 1. The maximum Gasteiger partial charge on any atom is 0.276 e. The van der Waals surface area contributed by atoms with Gasteiger partial charge in [-0.15, -0.1) is 5.10 Å². The van der Waals surface area contributed by atoms with Crippen LogP contribution in [0, 0.1) is 0 Å². The highest BCUT2D eigenvalue weighted by Gasteiger charge is 2.26. The van der Waals surface area contributed by atoms with E-state index in [0.29, 0.717) is 32.6 Å². The van der Waals surface area contributed by atoms with E-state index in [-0.39, 0.29) is 30.0 Å². The van der Waals surface area contributed by atoms with E-state index in [2.05, 4.69) is 22.4 Å². The summed E-state index contributed by atoms with van der Waals surface area (Å²) in [5, 5.41) is 7.76. The van der Waals surface area contributed by atoms with Gasteiger partial charge in [-0.25, -0.2) is 4.68 Å². The van der Waals surface area contributed by atoms with Crippen molar-refractivity contribution in [1.29, 1.82) is 0 Å². The lowest BCUT2D eigenvalue weighted by atomic mass is 10.1. The Balaban J connectivity index is 1.43. The third-order valence-corrected chi connectivity index (χ3v) is 5.17. The van der Waals surface area contributed by atoms with Gasteiger partial charge in [0.05, 0.1) is 6.20 Å². The Labute approximate surface area is 176 Å². The van der Waals surface area contributed by atoms with Crippen LogP contribution in [0.1, 0.15) is 28.9 Å². The number of carbonyl (C=O) groups is 3. The topological polar surface area (TPSA) is 91.6 Å². The molecule has 0 radical (unpaired) electrons. The van der Waals surface area contributed by atoms with Crippen LogP contribution >= 0.6 is 0 Å². The Kier molecular flexibility index (Phi) is 7.16. The molecule has 0 N–H and O–H groups in total. The summed E-state index contributed by atoms with van der Waals surface area (Å²) in [7, 11) is 3.32. The van der Waals surface area contributed by atoms with Crippen molar-refractivity contribution >= 4 is 17.7 Å². The number of rotatable bonds is 7. The molecule has 1 saturated heterocycles. The van der Waals surface area contributed by atoms with Gasteiger partial charge in [-0.3, -0.25) is 14.4 Å². The van der Waals surface area contributed by atoms with Crippen molar-refractivity contribution in [1.82, 2.24) is 29.7 Å². The zero-order chi connectivity index (χ0) is 21.5. The Morgan fingerprint density at radius 3 is 2.33 bits per heavy atom. The van der Waals surface area contributed by atoms with Crippen LogP contribution in [-0.4, -0.2) is 87.7 Å². The summed E-state index contributed by atoms with van der Waals surface area (Å²) in [5.74, 6) is -0.223. The molecule has 30 heavy (non-hydrogen) atoms. The van der Waals surface area contributed by atoms with Crippen molar-refractivity contribution in [3.63, 3.8) is 0 Å². The summed E-state index contributed by atoms with van der Waals surface area (Å²) in [4.78, 5) is 41.8. The first kappa shape index (κ1) is 21.5. The molecule has 0 spiro atoms. The van der Waals surface area contributed by atoms with Crippen molar-refractivity contribution in [2.24, 2.45) is 0 Å². The second kappa shape index (κ2) is 10.00. The molecule has 160 valence electrons.